The second-order valence-electron chi connectivity index (χ2n) is 5.59. The van der Waals surface area contributed by atoms with Crippen molar-refractivity contribution in [2.75, 3.05) is 33.3 Å². The number of nitrogens with zero attached hydrogens (tertiary/aromatic N) is 2. The Bertz CT molecular complexity index is 591. The number of piperazine rings is 1. The SMILES string of the molecule is CNC(=O)[C@@H]1CN(C(C)=O)CCN1C(=O)CCOc1ccccc1. The summed E-state index contributed by atoms with van der Waals surface area (Å²) in [6, 6.07) is 8.60. The minimum Gasteiger partial charge on any atom is -0.493 e. The average molecular weight is 333 g/mol. The van der Waals surface area contributed by atoms with Gasteiger partial charge in [-0.1, -0.05) is 18.2 Å². The molecule has 0 aliphatic carbocycles. The Morgan fingerprint density at radius 1 is 1.21 bits per heavy atom. The predicted molar refractivity (Wildman–Crippen MR) is 88.4 cm³/mol. The van der Waals surface area contributed by atoms with Crippen molar-refractivity contribution >= 4 is 17.7 Å². The Labute approximate surface area is 141 Å². The average Bonchev–Trinajstić information content (AvgIpc) is 2.61. The Morgan fingerprint density at radius 3 is 2.54 bits per heavy atom. The van der Waals surface area contributed by atoms with E-state index in [-0.39, 0.29) is 37.3 Å². The number of hydrogen-bond acceptors (Lipinski definition) is 4. The summed E-state index contributed by atoms with van der Waals surface area (Å²) in [7, 11) is 1.52. The van der Waals surface area contributed by atoms with Gasteiger partial charge in [0.15, 0.2) is 0 Å². The van der Waals surface area contributed by atoms with Gasteiger partial charge in [-0.2, -0.15) is 0 Å². The number of nitrogens with one attached hydrogen (secondary N) is 1. The Kier molecular flexibility index (Phi) is 6.17. The molecular weight excluding hydrogens is 310 g/mol. The van der Waals surface area contributed by atoms with Gasteiger partial charge in [-0.15, -0.1) is 0 Å². The molecule has 0 aromatic heterocycles. The van der Waals surface area contributed by atoms with Crippen LogP contribution < -0.4 is 10.1 Å². The highest BCUT2D eigenvalue weighted by atomic mass is 16.5. The summed E-state index contributed by atoms with van der Waals surface area (Å²) >= 11 is 0. The van der Waals surface area contributed by atoms with Crippen LogP contribution in [0.3, 0.4) is 0 Å². The molecule has 1 saturated heterocycles. The normalized spacial score (nSPS) is 17.3. The lowest BCUT2D eigenvalue weighted by atomic mass is 10.1. The van der Waals surface area contributed by atoms with E-state index in [4.69, 9.17) is 4.74 Å². The Hall–Kier alpha value is -2.57. The molecule has 0 radical (unpaired) electrons. The van der Waals surface area contributed by atoms with Crippen LogP contribution in [0.2, 0.25) is 0 Å². The first-order chi connectivity index (χ1) is 11.5. The smallest absolute Gasteiger partial charge is 0.244 e. The summed E-state index contributed by atoms with van der Waals surface area (Å²) in [5, 5.41) is 2.56. The van der Waals surface area contributed by atoms with E-state index in [1.165, 1.54) is 18.9 Å². The molecule has 1 aliphatic heterocycles. The first kappa shape index (κ1) is 17.8. The van der Waals surface area contributed by atoms with Crippen molar-refractivity contribution in [1.29, 1.82) is 0 Å². The molecule has 0 saturated carbocycles. The molecule has 1 aromatic carbocycles. The van der Waals surface area contributed by atoms with Crippen LogP contribution in [0.25, 0.3) is 0 Å². The van der Waals surface area contributed by atoms with Crippen LogP contribution in [0.1, 0.15) is 13.3 Å². The van der Waals surface area contributed by atoms with Gasteiger partial charge in [0, 0.05) is 27.1 Å². The van der Waals surface area contributed by atoms with E-state index in [1.807, 2.05) is 30.3 Å². The van der Waals surface area contributed by atoms with E-state index in [0.29, 0.717) is 18.8 Å². The number of para-hydroxylation sites is 1. The quantitative estimate of drug-likeness (QED) is 0.838. The van der Waals surface area contributed by atoms with Gasteiger partial charge in [-0.3, -0.25) is 14.4 Å². The van der Waals surface area contributed by atoms with Crippen molar-refractivity contribution in [2.45, 2.75) is 19.4 Å². The van der Waals surface area contributed by atoms with Crippen molar-refractivity contribution in [3.05, 3.63) is 30.3 Å². The van der Waals surface area contributed by atoms with Crippen molar-refractivity contribution < 1.29 is 19.1 Å². The van der Waals surface area contributed by atoms with E-state index < -0.39 is 6.04 Å². The largest absolute Gasteiger partial charge is 0.493 e. The molecule has 0 spiro atoms. The molecule has 0 bridgehead atoms. The van der Waals surface area contributed by atoms with E-state index in [0.717, 1.165) is 0 Å². The summed E-state index contributed by atoms with van der Waals surface area (Å²) in [6.07, 6.45) is 0.183. The van der Waals surface area contributed by atoms with Gasteiger partial charge in [0.05, 0.1) is 19.6 Å². The fraction of sp³-hybridized carbons (Fsp3) is 0.471. The molecule has 1 heterocycles. The van der Waals surface area contributed by atoms with Crippen molar-refractivity contribution in [3.8, 4) is 5.75 Å². The van der Waals surface area contributed by atoms with Gasteiger partial charge in [0.25, 0.3) is 0 Å². The maximum absolute atomic E-state index is 12.5. The zero-order valence-electron chi connectivity index (χ0n) is 14.0. The van der Waals surface area contributed by atoms with Crippen LogP contribution in [0.4, 0.5) is 0 Å². The third-order valence-corrected chi connectivity index (χ3v) is 4.02. The third-order valence-electron chi connectivity index (χ3n) is 4.02. The summed E-state index contributed by atoms with van der Waals surface area (Å²) in [6.45, 7) is 2.72. The lowest BCUT2D eigenvalue weighted by Crippen LogP contribution is -2.61. The topological polar surface area (TPSA) is 79.0 Å². The maximum atomic E-state index is 12.5. The minimum absolute atomic E-state index is 0.0941. The van der Waals surface area contributed by atoms with Crippen LogP contribution >= 0.6 is 0 Å². The second-order valence-corrected chi connectivity index (χ2v) is 5.59. The van der Waals surface area contributed by atoms with Crippen LogP contribution in [0, 0.1) is 0 Å². The van der Waals surface area contributed by atoms with Crippen LogP contribution in [0.15, 0.2) is 30.3 Å². The van der Waals surface area contributed by atoms with Gasteiger partial charge < -0.3 is 19.9 Å². The number of ether oxygens (including phenoxy) is 1. The van der Waals surface area contributed by atoms with Gasteiger partial charge in [-0.25, -0.2) is 0 Å². The lowest BCUT2D eigenvalue weighted by molar-refractivity contribution is -0.148. The number of amides is 3. The highest BCUT2D eigenvalue weighted by Crippen LogP contribution is 2.13. The Balaban J connectivity index is 1.93. The second kappa shape index (κ2) is 8.33. The summed E-state index contributed by atoms with van der Waals surface area (Å²) < 4.78 is 5.54. The molecule has 1 aromatic rings. The third kappa shape index (κ3) is 4.47. The standard InChI is InChI=1S/C17H23N3O4/c1-13(21)19-9-10-20(15(12-19)17(23)18-2)16(22)8-11-24-14-6-4-3-5-7-14/h3-7,15H,8-12H2,1-2H3,(H,18,23)/t15-/m0/s1. The molecular formula is C17H23N3O4. The number of benzene rings is 1. The zero-order valence-corrected chi connectivity index (χ0v) is 14.0. The van der Waals surface area contributed by atoms with Crippen molar-refractivity contribution in [1.82, 2.24) is 15.1 Å². The number of likely N-dealkylation sites (N-methyl/N-ethyl adjacent to an activating group) is 1. The maximum Gasteiger partial charge on any atom is 0.244 e. The fourth-order valence-corrected chi connectivity index (χ4v) is 2.67. The highest BCUT2D eigenvalue weighted by Gasteiger charge is 2.35. The van der Waals surface area contributed by atoms with Gasteiger partial charge in [0.1, 0.15) is 11.8 Å². The fourth-order valence-electron chi connectivity index (χ4n) is 2.67. The minimum atomic E-state index is -0.656. The molecule has 7 heteroatoms. The van der Waals surface area contributed by atoms with Gasteiger partial charge in [0.2, 0.25) is 17.7 Å². The number of rotatable bonds is 5. The molecule has 1 atom stereocenters. The zero-order chi connectivity index (χ0) is 17.5. The molecule has 1 fully saturated rings. The van der Waals surface area contributed by atoms with Gasteiger partial charge >= 0.3 is 0 Å². The van der Waals surface area contributed by atoms with Crippen molar-refractivity contribution in [3.63, 3.8) is 0 Å². The van der Waals surface area contributed by atoms with Crippen molar-refractivity contribution in [2.24, 2.45) is 0 Å². The monoisotopic (exact) mass is 333 g/mol. The Morgan fingerprint density at radius 2 is 1.92 bits per heavy atom. The number of carbonyl (C=O) groups excluding carboxylic acids is 3. The molecule has 3 amide bonds. The lowest BCUT2D eigenvalue weighted by Gasteiger charge is -2.40. The predicted octanol–water partition coefficient (Wildman–Crippen LogP) is 0.261. The highest BCUT2D eigenvalue weighted by molar-refractivity contribution is 5.89. The van der Waals surface area contributed by atoms with E-state index in [1.54, 1.807) is 4.90 Å². The molecule has 1 N–H and O–H groups in total. The first-order valence-corrected chi connectivity index (χ1v) is 7.97. The molecule has 2 rings (SSSR count). The van der Waals surface area contributed by atoms with Crippen LogP contribution in [0.5, 0.6) is 5.75 Å². The van der Waals surface area contributed by atoms with E-state index in [2.05, 4.69) is 5.32 Å². The van der Waals surface area contributed by atoms with E-state index in [9.17, 15) is 14.4 Å². The number of carbonyl (C=O) groups is 3. The molecule has 130 valence electrons. The molecule has 24 heavy (non-hydrogen) atoms. The molecule has 7 nitrogen and oxygen atoms in total. The van der Waals surface area contributed by atoms with Crippen LogP contribution in [-0.2, 0) is 14.4 Å². The van der Waals surface area contributed by atoms with Gasteiger partial charge in [-0.05, 0) is 12.1 Å². The first-order valence-electron chi connectivity index (χ1n) is 7.97. The molecule has 0 unspecified atom stereocenters. The van der Waals surface area contributed by atoms with E-state index >= 15 is 0 Å². The molecule has 1 aliphatic rings. The summed E-state index contributed by atoms with van der Waals surface area (Å²) in [4.78, 5) is 39.2. The summed E-state index contributed by atoms with van der Waals surface area (Å²) in [5.74, 6) is 0.193. The number of hydrogen-bond donors (Lipinski definition) is 1. The summed E-state index contributed by atoms with van der Waals surface area (Å²) in [5.41, 5.74) is 0. The van der Waals surface area contributed by atoms with Crippen LogP contribution in [-0.4, -0.2) is 66.9 Å².